The van der Waals surface area contributed by atoms with E-state index in [1.165, 1.54) is 5.56 Å². The van der Waals surface area contributed by atoms with Crippen molar-refractivity contribution < 1.29 is 5.11 Å². The largest absolute Gasteiger partial charge is 0.392 e. The van der Waals surface area contributed by atoms with Gasteiger partial charge in [0.05, 0.1) is 6.10 Å². The smallest absolute Gasteiger partial charge is 0.0692 e. The molecule has 0 aliphatic carbocycles. The lowest BCUT2D eigenvalue weighted by Crippen LogP contribution is -2.34. The maximum Gasteiger partial charge on any atom is 0.0692 e. The Kier molecular flexibility index (Phi) is 6.99. The fraction of sp³-hybridized carbons (Fsp3) is 0.625. The number of rotatable bonds is 8. The van der Waals surface area contributed by atoms with Gasteiger partial charge in [0.25, 0.3) is 0 Å². The molecule has 0 spiro atoms. The Bertz CT molecular complexity index is 308. The topological polar surface area (TPSA) is 32.3 Å². The molecule has 0 aliphatic heterocycles. The molecular weight excluding hydrogens is 222 g/mol. The summed E-state index contributed by atoms with van der Waals surface area (Å²) in [5.41, 5.74) is 1.35. The van der Waals surface area contributed by atoms with Gasteiger partial charge in [-0.3, -0.25) is 0 Å². The van der Waals surface area contributed by atoms with Crippen LogP contribution < -0.4 is 5.32 Å². The van der Waals surface area contributed by atoms with Crippen molar-refractivity contribution >= 4 is 0 Å². The van der Waals surface area contributed by atoms with E-state index in [0.717, 1.165) is 19.4 Å². The summed E-state index contributed by atoms with van der Waals surface area (Å²) in [5, 5.41) is 13.4. The van der Waals surface area contributed by atoms with Crippen molar-refractivity contribution in [2.75, 3.05) is 13.1 Å². The normalized spacial score (nSPS) is 14.7. The van der Waals surface area contributed by atoms with Crippen molar-refractivity contribution in [3.8, 4) is 0 Å². The summed E-state index contributed by atoms with van der Waals surface area (Å²) in [5.74, 6) is 0.907. The Labute approximate surface area is 111 Å². The van der Waals surface area contributed by atoms with Gasteiger partial charge in [-0.1, -0.05) is 63.9 Å². The Morgan fingerprint density at radius 1 is 1.06 bits per heavy atom. The number of nitrogens with one attached hydrogen (secondary N) is 1. The highest BCUT2D eigenvalue weighted by Gasteiger charge is 2.15. The van der Waals surface area contributed by atoms with Crippen molar-refractivity contribution in [2.24, 2.45) is 5.92 Å². The maximum atomic E-state index is 10.0. The minimum atomic E-state index is -0.219. The summed E-state index contributed by atoms with van der Waals surface area (Å²) in [7, 11) is 0. The van der Waals surface area contributed by atoms with Crippen LogP contribution >= 0.6 is 0 Å². The molecule has 1 aromatic rings. The summed E-state index contributed by atoms with van der Waals surface area (Å²) in [6.07, 6.45) is 1.88. The molecule has 2 unspecified atom stereocenters. The van der Waals surface area contributed by atoms with Crippen LogP contribution in [-0.2, 0) is 0 Å². The maximum absolute atomic E-state index is 10.0. The molecule has 0 fully saturated rings. The molecule has 1 aromatic carbocycles. The number of aliphatic hydroxyl groups excluding tert-OH is 1. The number of aliphatic hydroxyl groups is 1. The molecule has 0 saturated heterocycles. The molecule has 1 rings (SSSR count). The van der Waals surface area contributed by atoms with Crippen molar-refractivity contribution in [1.82, 2.24) is 5.32 Å². The van der Waals surface area contributed by atoms with E-state index >= 15 is 0 Å². The first-order chi connectivity index (χ1) is 8.69. The average Bonchev–Trinajstić information content (AvgIpc) is 2.41. The van der Waals surface area contributed by atoms with Gasteiger partial charge in [0.2, 0.25) is 0 Å². The fourth-order valence-corrected chi connectivity index (χ4v) is 2.35. The highest BCUT2D eigenvalue weighted by molar-refractivity contribution is 5.18. The van der Waals surface area contributed by atoms with Gasteiger partial charge in [-0.15, -0.1) is 0 Å². The molecule has 0 saturated carbocycles. The standard InChI is InChI=1S/C16H27NO/c1-4-14(5-2)16(18)12-17-11-13(3)15-9-7-6-8-10-15/h6-10,13-14,16-18H,4-5,11-12H2,1-3H3. The van der Waals surface area contributed by atoms with Gasteiger partial charge in [-0.05, 0) is 17.4 Å². The van der Waals surface area contributed by atoms with E-state index in [-0.39, 0.29) is 6.10 Å². The van der Waals surface area contributed by atoms with Gasteiger partial charge in [-0.25, -0.2) is 0 Å². The third-order valence-corrected chi connectivity index (χ3v) is 3.77. The van der Waals surface area contributed by atoms with Crippen LogP contribution in [0.25, 0.3) is 0 Å². The van der Waals surface area contributed by atoms with Gasteiger partial charge in [0.15, 0.2) is 0 Å². The molecule has 0 heterocycles. The van der Waals surface area contributed by atoms with Crippen LogP contribution in [0.5, 0.6) is 0 Å². The summed E-state index contributed by atoms with van der Waals surface area (Å²) >= 11 is 0. The number of benzene rings is 1. The van der Waals surface area contributed by atoms with Crippen LogP contribution in [0.2, 0.25) is 0 Å². The number of hydrogen-bond donors (Lipinski definition) is 2. The lowest BCUT2D eigenvalue weighted by Gasteiger charge is -2.21. The Morgan fingerprint density at radius 2 is 1.67 bits per heavy atom. The summed E-state index contributed by atoms with van der Waals surface area (Å²) < 4.78 is 0. The average molecular weight is 249 g/mol. The lowest BCUT2D eigenvalue weighted by atomic mass is 9.96. The van der Waals surface area contributed by atoms with Crippen LogP contribution in [0.15, 0.2) is 30.3 Å². The molecule has 0 aromatic heterocycles. The highest BCUT2D eigenvalue weighted by atomic mass is 16.3. The van der Waals surface area contributed by atoms with Crippen LogP contribution in [0.1, 0.15) is 45.1 Å². The molecule has 0 radical (unpaired) electrons. The van der Waals surface area contributed by atoms with E-state index < -0.39 is 0 Å². The van der Waals surface area contributed by atoms with E-state index in [2.05, 4.69) is 50.4 Å². The molecule has 0 amide bonds. The van der Waals surface area contributed by atoms with Crippen molar-refractivity contribution in [3.05, 3.63) is 35.9 Å². The monoisotopic (exact) mass is 249 g/mol. The summed E-state index contributed by atoms with van der Waals surface area (Å²) in [4.78, 5) is 0. The molecule has 2 atom stereocenters. The third kappa shape index (κ3) is 4.79. The first kappa shape index (κ1) is 15.2. The molecule has 0 aliphatic rings. The second-order valence-corrected chi connectivity index (χ2v) is 5.11. The van der Waals surface area contributed by atoms with Crippen molar-refractivity contribution in [2.45, 2.75) is 45.6 Å². The quantitative estimate of drug-likeness (QED) is 0.741. The van der Waals surface area contributed by atoms with E-state index in [1.807, 2.05) is 6.07 Å². The first-order valence-electron chi connectivity index (χ1n) is 7.12. The van der Waals surface area contributed by atoms with Gasteiger partial charge >= 0.3 is 0 Å². The van der Waals surface area contributed by atoms with Crippen LogP contribution in [0.3, 0.4) is 0 Å². The van der Waals surface area contributed by atoms with Crippen molar-refractivity contribution in [1.29, 1.82) is 0 Å². The molecule has 2 nitrogen and oxygen atoms in total. The predicted octanol–water partition coefficient (Wildman–Crippen LogP) is 3.18. The first-order valence-corrected chi connectivity index (χ1v) is 7.12. The van der Waals surface area contributed by atoms with Crippen LogP contribution in [-0.4, -0.2) is 24.3 Å². The highest BCUT2D eigenvalue weighted by Crippen LogP contribution is 2.14. The van der Waals surface area contributed by atoms with Crippen molar-refractivity contribution in [3.63, 3.8) is 0 Å². The Hall–Kier alpha value is -0.860. The van der Waals surface area contributed by atoms with Gasteiger partial charge in [0, 0.05) is 13.1 Å². The molecular formula is C16H27NO. The Morgan fingerprint density at radius 3 is 2.22 bits per heavy atom. The van der Waals surface area contributed by atoms with Gasteiger partial charge in [-0.2, -0.15) is 0 Å². The fourth-order valence-electron chi connectivity index (χ4n) is 2.35. The van der Waals surface area contributed by atoms with Crippen LogP contribution in [0.4, 0.5) is 0 Å². The minimum Gasteiger partial charge on any atom is -0.392 e. The lowest BCUT2D eigenvalue weighted by molar-refractivity contribution is 0.101. The molecule has 18 heavy (non-hydrogen) atoms. The van der Waals surface area contributed by atoms with E-state index in [9.17, 15) is 5.11 Å². The van der Waals surface area contributed by atoms with Gasteiger partial charge in [0.1, 0.15) is 0 Å². The van der Waals surface area contributed by atoms with Gasteiger partial charge < -0.3 is 10.4 Å². The second-order valence-electron chi connectivity index (χ2n) is 5.11. The van der Waals surface area contributed by atoms with E-state index in [0.29, 0.717) is 18.4 Å². The third-order valence-electron chi connectivity index (χ3n) is 3.77. The summed E-state index contributed by atoms with van der Waals surface area (Å²) in [6.45, 7) is 8.12. The van der Waals surface area contributed by atoms with E-state index in [4.69, 9.17) is 0 Å². The minimum absolute atomic E-state index is 0.219. The zero-order valence-corrected chi connectivity index (χ0v) is 11.9. The zero-order chi connectivity index (χ0) is 13.4. The predicted molar refractivity (Wildman–Crippen MR) is 77.8 cm³/mol. The zero-order valence-electron chi connectivity index (χ0n) is 11.9. The molecule has 0 bridgehead atoms. The second kappa shape index (κ2) is 8.28. The van der Waals surface area contributed by atoms with E-state index in [1.54, 1.807) is 0 Å². The van der Waals surface area contributed by atoms with Crippen LogP contribution in [0, 0.1) is 5.92 Å². The number of hydrogen-bond acceptors (Lipinski definition) is 2. The molecule has 2 N–H and O–H groups in total. The Balaban J connectivity index is 2.29. The SMILES string of the molecule is CCC(CC)C(O)CNCC(C)c1ccccc1. The summed E-state index contributed by atoms with van der Waals surface area (Å²) in [6, 6.07) is 10.5. The molecule has 2 heteroatoms. The molecule has 102 valence electrons.